The van der Waals surface area contributed by atoms with Gasteiger partial charge in [0.25, 0.3) is 0 Å². The first-order chi connectivity index (χ1) is 43.0. The molecule has 10 heteroatoms. The summed E-state index contributed by atoms with van der Waals surface area (Å²) < 4.78 is 34.6. The number of allylic oxidation sites excluding steroid dienone is 36. The first-order valence-electron chi connectivity index (χ1n) is 33.5. The van der Waals surface area contributed by atoms with Crippen molar-refractivity contribution >= 4 is 19.8 Å². The van der Waals surface area contributed by atoms with Crippen molar-refractivity contribution < 1.29 is 42.1 Å². The molecular formula is C78H121NO8P+. The summed E-state index contributed by atoms with van der Waals surface area (Å²) in [5.74, 6) is -0.877. The first kappa shape index (κ1) is 82.3. The predicted molar refractivity (Wildman–Crippen MR) is 380 cm³/mol. The SMILES string of the molecule is CC/C=C\C/C=C\C/C=C\C/C=C\C/C=C\C/C=C\C/C=C\C/C=C\C/C=C\C/C=C\CCCCCCC(=O)OC(COC(=O)CCCCCC/C=C\C/C=C\C/C=C\C/C=C\C/C=C\C/C=C\C/C=C\C/C=C\CC)COP(=O)(O)OCC[N+](C)(C)C. The van der Waals surface area contributed by atoms with E-state index >= 15 is 0 Å². The van der Waals surface area contributed by atoms with E-state index in [4.69, 9.17) is 18.5 Å². The van der Waals surface area contributed by atoms with Crippen LogP contribution in [0.1, 0.15) is 206 Å². The molecule has 0 bridgehead atoms. The van der Waals surface area contributed by atoms with Crippen molar-refractivity contribution in [1.29, 1.82) is 0 Å². The van der Waals surface area contributed by atoms with E-state index in [0.717, 1.165) is 167 Å². The van der Waals surface area contributed by atoms with Crippen LogP contribution in [0.25, 0.3) is 0 Å². The predicted octanol–water partition coefficient (Wildman–Crippen LogP) is 22.0. The van der Waals surface area contributed by atoms with Gasteiger partial charge in [-0.3, -0.25) is 18.6 Å². The quantitative estimate of drug-likeness (QED) is 0.0211. The average Bonchev–Trinajstić information content (AvgIpc) is 3.57. The third-order valence-corrected chi connectivity index (χ3v) is 14.0. The third-order valence-electron chi connectivity index (χ3n) is 13.0. The van der Waals surface area contributed by atoms with Gasteiger partial charge in [0, 0.05) is 12.8 Å². The molecule has 0 heterocycles. The highest BCUT2D eigenvalue weighted by molar-refractivity contribution is 7.47. The molecule has 88 heavy (non-hydrogen) atoms. The summed E-state index contributed by atoms with van der Waals surface area (Å²) in [7, 11) is 1.41. The molecule has 0 saturated carbocycles. The zero-order valence-electron chi connectivity index (χ0n) is 55.6. The Morgan fingerprint density at radius 3 is 0.898 bits per heavy atom. The molecule has 0 saturated heterocycles. The number of unbranched alkanes of at least 4 members (excludes halogenated alkanes) is 8. The van der Waals surface area contributed by atoms with Gasteiger partial charge in [-0.1, -0.05) is 258 Å². The summed E-state index contributed by atoms with van der Waals surface area (Å²) >= 11 is 0. The van der Waals surface area contributed by atoms with Crippen molar-refractivity contribution in [2.75, 3.05) is 47.5 Å². The first-order valence-corrected chi connectivity index (χ1v) is 35.0. The van der Waals surface area contributed by atoms with Gasteiger partial charge >= 0.3 is 19.8 Å². The van der Waals surface area contributed by atoms with Crippen LogP contribution in [0.3, 0.4) is 0 Å². The Balaban J connectivity index is 4.30. The van der Waals surface area contributed by atoms with E-state index in [1.54, 1.807) is 0 Å². The smallest absolute Gasteiger partial charge is 0.462 e. The van der Waals surface area contributed by atoms with Gasteiger partial charge in [0.05, 0.1) is 27.7 Å². The highest BCUT2D eigenvalue weighted by atomic mass is 31.2. The number of ether oxygens (including phenoxy) is 2. The Bertz CT molecular complexity index is 2280. The number of likely N-dealkylation sites (N-methyl/N-ethyl adjacent to an activating group) is 1. The molecule has 2 atom stereocenters. The number of quaternary nitrogens is 1. The maximum atomic E-state index is 12.9. The molecule has 0 aromatic rings. The second-order valence-electron chi connectivity index (χ2n) is 22.4. The van der Waals surface area contributed by atoms with Crippen molar-refractivity contribution in [2.45, 2.75) is 213 Å². The van der Waals surface area contributed by atoms with Crippen LogP contribution in [0, 0.1) is 0 Å². The fourth-order valence-electron chi connectivity index (χ4n) is 7.94. The minimum atomic E-state index is -4.42. The molecule has 0 rings (SSSR count). The molecule has 2 unspecified atom stereocenters. The summed E-state index contributed by atoms with van der Waals surface area (Å²) in [5, 5.41) is 0. The van der Waals surface area contributed by atoms with E-state index in [9.17, 15) is 19.0 Å². The van der Waals surface area contributed by atoms with Gasteiger partial charge in [-0.05, 0) is 154 Å². The monoisotopic (exact) mass is 1230 g/mol. The summed E-state index contributed by atoms with van der Waals surface area (Å²) in [5.41, 5.74) is 0. The molecule has 0 fully saturated rings. The lowest BCUT2D eigenvalue weighted by Gasteiger charge is -2.24. The van der Waals surface area contributed by atoms with Gasteiger partial charge in [-0.2, -0.15) is 0 Å². The van der Waals surface area contributed by atoms with Gasteiger partial charge in [0.15, 0.2) is 6.10 Å². The minimum absolute atomic E-state index is 0.00805. The van der Waals surface area contributed by atoms with E-state index < -0.39 is 32.5 Å². The molecule has 490 valence electrons. The Morgan fingerprint density at radius 2 is 0.614 bits per heavy atom. The van der Waals surface area contributed by atoms with Crippen LogP contribution in [0.2, 0.25) is 0 Å². The summed E-state index contributed by atoms with van der Waals surface area (Å²) in [6.07, 6.45) is 106. The van der Waals surface area contributed by atoms with Gasteiger partial charge < -0.3 is 18.9 Å². The fourth-order valence-corrected chi connectivity index (χ4v) is 8.68. The topological polar surface area (TPSA) is 108 Å². The molecule has 0 aromatic heterocycles. The second-order valence-corrected chi connectivity index (χ2v) is 23.8. The van der Waals surface area contributed by atoms with Crippen molar-refractivity contribution in [2.24, 2.45) is 0 Å². The van der Waals surface area contributed by atoms with Crippen LogP contribution in [-0.2, 0) is 32.7 Å². The number of carbonyl (C=O) groups is 2. The Morgan fingerprint density at radius 1 is 0.352 bits per heavy atom. The molecule has 0 spiro atoms. The molecule has 0 aliphatic heterocycles. The molecule has 0 aliphatic carbocycles. The van der Waals surface area contributed by atoms with Crippen molar-refractivity contribution in [3.63, 3.8) is 0 Å². The number of hydrogen-bond donors (Lipinski definition) is 1. The van der Waals surface area contributed by atoms with E-state index in [2.05, 4.69) is 233 Å². The van der Waals surface area contributed by atoms with Crippen LogP contribution in [0.5, 0.6) is 0 Å². The Kier molecular flexibility index (Phi) is 61.5. The van der Waals surface area contributed by atoms with Crippen molar-refractivity contribution in [3.05, 3.63) is 219 Å². The highest BCUT2D eigenvalue weighted by Gasteiger charge is 2.27. The van der Waals surface area contributed by atoms with Gasteiger partial charge in [-0.25, -0.2) is 4.57 Å². The van der Waals surface area contributed by atoms with Gasteiger partial charge in [-0.15, -0.1) is 0 Å². The van der Waals surface area contributed by atoms with E-state index in [1.807, 2.05) is 21.1 Å². The van der Waals surface area contributed by atoms with E-state index in [1.165, 1.54) is 0 Å². The lowest BCUT2D eigenvalue weighted by Crippen LogP contribution is -2.37. The largest absolute Gasteiger partial charge is 0.472 e. The van der Waals surface area contributed by atoms with E-state index in [-0.39, 0.29) is 26.1 Å². The van der Waals surface area contributed by atoms with Crippen LogP contribution < -0.4 is 0 Å². The van der Waals surface area contributed by atoms with Gasteiger partial charge in [0.1, 0.15) is 19.8 Å². The van der Waals surface area contributed by atoms with Crippen molar-refractivity contribution in [1.82, 2.24) is 0 Å². The summed E-state index contributed by atoms with van der Waals surface area (Å²) in [6, 6.07) is 0. The summed E-state index contributed by atoms with van der Waals surface area (Å²) in [4.78, 5) is 35.8. The number of nitrogens with zero attached hydrogens (tertiary/aromatic N) is 1. The molecule has 0 radical (unpaired) electrons. The normalized spacial score (nSPS) is 14.6. The number of rotatable bonds is 58. The maximum absolute atomic E-state index is 12.9. The minimum Gasteiger partial charge on any atom is -0.462 e. The zero-order valence-corrected chi connectivity index (χ0v) is 56.5. The zero-order chi connectivity index (χ0) is 64.1. The molecule has 0 aliphatic rings. The average molecular weight is 1230 g/mol. The van der Waals surface area contributed by atoms with Crippen LogP contribution in [-0.4, -0.2) is 74.9 Å². The molecule has 9 nitrogen and oxygen atoms in total. The van der Waals surface area contributed by atoms with Crippen LogP contribution >= 0.6 is 7.82 Å². The lowest BCUT2D eigenvalue weighted by atomic mass is 10.1. The molecule has 0 aromatic carbocycles. The number of hydrogen-bond acceptors (Lipinski definition) is 7. The number of carbonyl (C=O) groups excluding carboxylic acids is 2. The number of phosphoric ester groups is 1. The maximum Gasteiger partial charge on any atom is 0.472 e. The number of esters is 2. The fraction of sp³-hybridized carbons (Fsp3) is 0.513. The van der Waals surface area contributed by atoms with Crippen molar-refractivity contribution in [3.8, 4) is 0 Å². The second kappa shape index (κ2) is 65.8. The van der Waals surface area contributed by atoms with E-state index in [0.29, 0.717) is 23.9 Å². The Labute approximate surface area is 538 Å². The molecule has 0 amide bonds. The van der Waals surface area contributed by atoms with Crippen LogP contribution in [0.4, 0.5) is 0 Å². The van der Waals surface area contributed by atoms with Gasteiger partial charge in [0.2, 0.25) is 0 Å². The lowest BCUT2D eigenvalue weighted by molar-refractivity contribution is -0.870. The molecular weight excluding hydrogens is 1110 g/mol. The summed E-state index contributed by atoms with van der Waals surface area (Å²) in [6.45, 7) is 4.10. The standard InChI is InChI=1S/C78H120NO8P/c1-6-8-10-12-14-16-18-20-22-24-26-28-30-32-34-36-37-38-39-40-41-43-45-47-49-51-53-55-57-59-61-63-65-67-69-71-78(81)87-76(75-86-88(82,83)85-73-72-79(3,4)5)74-84-77(80)70-68-66-64-62-60-58-56-54-52-50-48-46-44-42-35-33-31-29-27-25-23-21-19-17-15-13-11-9-7-2/h8-11,14-17,20-23,26-29,32-35,37-38,40-41,44-47,50-53,56-59,76H,6-7,12-13,18-19,24-25,30-31,36,39,42-43,48-49,54-55,60-75H2,1-5H3/p+1/b10-8-,11-9-,16-14-,17-15-,22-20-,23-21-,28-26-,29-27-,34-32-,35-33-,38-37-,41-40-,46-44-,47-45-,52-50-,53-51-,58-56-,59-57-. The highest BCUT2D eigenvalue weighted by Crippen LogP contribution is 2.43. The number of phosphoric acid groups is 1. The van der Waals surface area contributed by atoms with Crippen LogP contribution in [0.15, 0.2) is 219 Å². The molecule has 1 N–H and O–H groups in total. The third kappa shape index (κ3) is 69.4. The Hall–Kier alpha value is -5.67.